The van der Waals surface area contributed by atoms with E-state index in [0.29, 0.717) is 6.42 Å². The second kappa shape index (κ2) is 20.3. The van der Waals surface area contributed by atoms with E-state index in [1.807, 2.05) is 0 Å². The Balaban J connectivity index is 3.53. The Kier molecular flexibility index (Phi) is 19.6. The molecular formula is C23H43NO4S. The van der Waals surface area contributed by atoms with Gasteiger partial charge in [-0.2, -0.15) is 0 Å². The average molecular weight is 430 g/mol. The molecule has 0 rings (SSSR count). The van der Waals surface area contributed by atoms with Crippen LogP contribution in [0.3, 0.4) is 0 Å². The number of carbonyl (C=O) groups is 2. The molecule has 0 radical (unpaired) electrons. The molecule has 0 aromatic carbocycles. The molecule has 2 atom stereocenters. The molecule has 0 aromatic rings. The van der Waals surface area contributed by atoms with Crippen LogP contribution in [0.2, 0.25) is 0 Å². The minimum atomic E-state index is -1.06. The molecular weight excluding hydrogens is 386 g/mol. The highest BCUT2D eigenvalue weighted by atomic mass is 32.2. The maximum atomic E-state index is 11.9. The first-order valence-electron chi connectivity index (χ1n) is 11.4. The predicted molar refractivity (Wildman–Crippen MR) is 123 cm³/mol. The monoisotopic (exact) mass is 429 g/mol. The molecule has 0 saturated heterocycles. The van der Waals surface area contributed by atoms with E-state index in [9.17, 15) is 14.1 Å². The van der Waals surface area contributed by atoms with Crippen molar-refractivity contribution in [1.29, 1.82) is 0 Å². The van der Waals surface area contributed by atoms with Crippen molar-refractivity contribution in [2.45, 2.75) is 109 Å². The summed E-state index contributed by atoms with van der Waals surface area (Å²) >= 11 is -1.05. The molecule has 2 unspecified atom stereocenters. The number of hydrogen-bond donors (Lipinski definition) is 2. The van der Waals surface area contributed by atoms with Crippen LogP contribution in [0.25, 0.3) is 0 Å². The van der Waals surface area contributed by atoms with Gasteiger partial charge in [-0.25, -0.2) is 4.79 Å². The molecule has 0 saturated carbocycles. The molecule has 2 N–H and O–H groups in total. The lowest BCUT2D eigenvalue weighted by Crippen LogP contribution is -2.41. The first-order chi connectivity index (χ1) is 14.0. The van der Waals surface area contributed by atoms with Crippen LogP contribution in [0.5, 0.6) is 0 Å². The fourth-order valence-corrected chi connectivity index (χ4v) is 3.73. The molecule has 0 spiro atoms. The summed E-state index contributed by atoms with van der Waals surface area (Å²) < 4.78 is 11.1. The number of carboxylic acid groups (broad SMARTS) is 1. The van der Waals surface area contributed by atoms with Crippen molar-refractivity contribution >= 4 is 23.1 Å². The number of hydrogen-bond acceptors (Lipinski definition) is 3. The normalized spacial score (nSPS) is 13.5. The Hall–Kier alpha value is -1.01. The second-order valence-corrected chi connectivity index (χ2v) is 9.41. The minimum absolute atomic E-state index is 0.205. The third kappa shape index (κ3) is 20.1. The average Bonchev–Trinajstić information content (AvgIpc) is 2.67. The zero-order chi connectivity index (χ0) is 21.7. The zero-order valence-electron chi connectivity index (χ0n) is 18.6. The highest BCUT2D eigenvalue weighted by Crippen LogP contribution is 2.10. The van der Waals surface area contributed by atoms with Gasteiger partial charge < -0.3 is 15.0 Å². The SMILES string of the molecule is CCCCCCCC/C=C\CCCCCCCC(=O)NC(CC[S+](C)[O-])C(=O)O. The summed E-state index contributed by atoms with van der Waals surface area (Å²) in [7, 11) is 0. The van der Waals surface area contributed by atoms with Gasteiger partial charge in [-0.05, 0) is 32.1 Å². The van der Waals surface area contributed by atoms with Crippen LogP contribution in [0.1, 0.15) is 103 Å². The predicted octanol–water partition coefficient (Wildman–Crippen LogP) is 5.36. The second-order valence-electron chi connectivity index (χ2n) is 7.86. The fourth-order valence-electron chi connectivity index (χ4n) is 3.16. The molecule has 0 aromatic heterocycles. The fraction of sp³-hybridized carbons (Fsp3) is 0.826. The first kappa shape index (κ1) is 28.0. The van der Waals surface area contributed by atoms with Gasteiger partial charge in [0.1, 0.15) is 11.8 Å². The highest BCUT2D eigenvalue weighted by Gasteiger charge is 2.21. The quantitative estimate of drug-likeness (QED) is 0.155. The molecule has 0 heterocycles. The summed E-state index contributed by atoms with van der Waals surface area (Å²) in [5, 5.41) is 11.7. The summed E-state index contributed by atoms with van der Waals surface area (Å²) in [6.45, 7) is 2.25. The van der Waals surface area contributed by atoms with Crippen molar-refractivity contribution in [3.8, 4) is 0 Å². The van der Waals surface area contributed by atoms with Crippen molar-refractivity contribution in [3.05, 3.63) is 12.2 Å². The molecule has 0 bridgehead atoms. The van der Waals surface area contributed by atoms with Crippen molar-refractivity contribution in [3.63, 3.8) is 0 Å². The lowest BCUT2D eigenvalue weighted by Gasteiger charge is -2.14. The Morgan fingerprint density at radius 2 is 1.45 bits per heavy atom. The van der Waals surface area contributed by atoms with Crippen molar-refractivity contribution in [1.82, 2.24) is 5.32 Å². The first-order valence-corrected chi connectivity index (χ1v) is 13.2. The lowest BCUT2D eigenvalue weighted by molar-refractivity contribution is -0.141. The maximum absolute atomic E-state index is 11.9. The van der Waals surface area contributed by atoms with Gasteiger partial charge >= 0.3 is 5.97 Å². The largest absolute Gasteiger partial charge is 0.617 e. The molecule has 6 heteroatoms. The van der Waals surface area contributed by atoms with Crippen LogP contribution in [0, 0.1) is 0 Å². The smallest absolute Gasteiger partial charge is 0.326 e. The number of amides is 1. The molecule has 0 fully saturated rings. The third-order valence-corrected chi connectivity index (χ3v) is 5.80. The van der Waals surface area contributed by atoms with E-state index in [2.05, 4.69) is 24.4 Å². The van der Waals surface area contributed by atoms with Gasteiger partial charge in [0.05, 0.1) is 6.26 Å². The van der Waals surface area contributed by atoms with Crippen LogP contribution in [0.4, 0.5) is 0 Å². The molecule has 0 aliphatic heterocycles. The number of carboxylic acids is 1. The highest BCUT2D eigenvalue weighted by molar-refractivity contribution is 7.90. The van der Waals surface area contributed by atoms with E-state index >= 15 is 0 Å². The standard InChI is InChI=1S/C23H43NO4S/c1-3-4-5-6-7-8-9-10-11-12-13-14-15-16-17-18-22(25)24-21(23(26)27)19-20-29(2)28/h10-11,21H,3-9,12-20H2,1-2H3,(H,24,25)(H,26,27)/b11-10-. The molecule has 29 heavy (non-hydrogen) atoms. The van der Waals surface area contributed by atoms with Crippen LogP contribution >= 0.6 is 0 Å². The lowest BCUT2D eigenvalue weighted by atomic mass is 10.1. The number of allylic oxidation sites excluding steroid dienone is 2. The topological polar surface area (TPSA) is 89.5 Å². The van der Waals surface area contributed by atoms with Gasteiger partial charge in [0.2, 0.25) is 5.91 Å². The van der Waals surface area contributed by atoms with Gasteiger partial charge in [-0.1, -0.05) is 81.6 Å². The van der Waals surface area contributed by atoms with E-state index in [1.54, 1.807) is 0 Å². The summed E-state index contributed by atoms with van der Waals surface area (Å²) in [4.78, 5) is 23.0. The zero-order valence-corrected chi connectivity index (χ0v) is 19.4. The van der Waals surface area contributed by atoms with Crippen LogP contribution < -0.4 is 5.32 Å². The Labute approximate surface area is 181 Å². The number of aliphatic carboxylic acids is 1. The molecule has 170 valence electrons. The van der Waals surface area contributed by atoms with Crippen LogP contribution in [-0.2, 0) is 20.8 Å². The van der Waals surface area contributed by atoms with Gasteiger partial charge in [0.15, 0.2) is 0 Å². The summed E-state index contributed by atoms with van der Waals surface area (Å²) in [5.41, 5.74) is 0. The summed E-state index contributed by atoms with van der Waals surface area (Å²) in [6, 6.07) is -0.936. The van der Waals surface area contributed by atoms with E-state index in [0.717, 1.165) is 25.7 Å². The van der Waals surface area contributed by atoms with Crippen molar-refractivity contribution < 1.29 is 19.2 Å². The minimum Gasteiger partial charge on any atom is -0.617 e. The Bertz CT molecular complexity index is 441. The van der Waals surface area contributed by atoms with E-state index in [4.69, 9.17) is 5.11 Å². The third-order valence-electron chi connectivity index (χ3n) is 4.99. The van der Waals surface area contributed by atoms with Gasteiger partial charge in [0, 0.05) is 12.8 Å². The van der Waals surface area contributed by atoms with E-state index < -0.39 is 23.2 Å². The van der Waals surface area contributed by atoms with E-state index in [-0.39, 0.29) is 18.1 Å². The van der Waals surface area contributed by atoms with Crippen molar-refractivity contribution in [2.24, 2.45) is 0 Å². The summed E-state index contributed by atoms with van der Waals surface area (Å²) in [6.07, 6.45) is 22.4. The number of unbranched alkanes of at least 4 members (excludes halogenated alkanes) is 11. The van der Waals surface area contributed by atoms with Crippen molar-refractivity contribution in [2.75, 3.05) is 12.0 Å². The van der Waals surface area contributed by atoms with Gasteiger partial charge in [-0.3, -0.25) is 4.79 Å². The Morgan fingerprint density at radius 1 is 0.931 bits per heavy atom. The molecule has 1 amide bonds. The number of carbonyl (C=O) groups excluding carboxylic acids is 1. The summed E-state index contributed by atoms with van der Waals surface area (Å²) in [5.74, 6) is -1.00. The van der Waals surface area contributed by atoms with Crippen LogP contribution in [0.15, 0.2) is 12.2 Å². The number of nitrogens with one attached hydrogen (secondary N) is 1. The van der Waals surface area contributed by atoms with Gasteiger partial charge in [0.25, 0.3) is 0 Å². The molecule has 5 nitrogen and oxygen atoms in total. The maximum Gasteiger partial charge on any atom is 0.326 e. The molecule has 0 aliphatic rings. The van der Waals surface area contributed by atoms with E-state index in [1.165, 1.54) is 64.0 Å². The Morgan fingerprint density at radius 3 is 1.97 bits per heavy atom. The van der Waals surface area contributed by atoms with Crippen LogP contribution in [-0.4, -0.2) is 39.6 Å². The van der Waals surface area contributed by atoms with Gasteiger partial charge in [-0.15, -0.1) is 0 Å². The molecule has 0 aliphatic carbocycles. The number of rotatable bonds is 20.